The third-order valence-corrected chi connectivity index (χ3v) is 4.54. The summed E-state index contributed by atoms with van der Waals surface area (Å²) < 4.78 is 16.8. The maximum atomic E-state index is 12.1. The summed E-state index contributed by atoms with van der Waals surface area (Å²) in [4.78, 5) is 14.4. The highest BCUT2D eigenvalue weighted by molar-refractivity contribution is 5.90. The first kappa shape index (κ1) is 17.2. The van der Waals surface area contributed by atoms with Gasteiger partial charge in [0.1, 0.15) is 5.75 Å². The molecule has 0 unspecified atom stereocenters. The fourth-order valence-electron chi connectivity index (χ4n) is 3.19. The number of hydrogen-bond donors (Lipinski definition) is 1. The van der Waals surface area contributed by atoms with Gasteiger partial charge in [-0.15, -0.1) is 0 Å². The van der Waals surface area contributed by atoms with E-state index in [-0.39, 0.29) is 11.7 Å². The van der Waals surface area contributed by atoms with Crippen molar-refractivity contribution in [1.29, 1.82) is 0 Å². The van der Waals surface area contributed by atoms with Gasteiger partial charge in [-0.3, -0.25) is 4.79 Å². The number of nitrogens with zero attached hydrogens (tertiary/aromatic N) is 1. The molecule has 24 heavy (non-hydrogen) atoms. The smallest absolute Gasteiger partial charge is 0.225 e. The van der Waals surface area contributed by atoms with Crippen molar-refractivity contribution in [3.05, 3.63) is 24.3 Å². The Hall–Kier alpha value is -1.63. The van der Waals surface area contributed by atoms with Crippen LogP contribution >= 0.6 is 0 Å². The zero-order chi connectivity index (χ0) is 16.8. The van der Waals surface area contributed by atoms with Crippen LogP contribution in [-0.4, -0.2) is 56.0 Å². The van der Waals surface area contributed by atoms with Gasteiger partial charge in [0.25, 0.3) is 0 Å². The Bertz CT molecular complexity index is 530. The molecule has 2 aliphatic heterocycles. The second-order valence-electron chi connectivity index (χ2n) is 6.20. The molecule has 2 fully saturated rings. The average Bonchev–Trinajstić information content (AvgIpc) is 3.05. The Morgan fingerprint density at radius 3 is 2.50 bits per heavy atom. The normalized spacial score (nSPS) is 20.2. The van der Waals surface area contributed by atoms with Crippen LogP contribution in [0.5, 0.6) is 5.75 Å². The van der Waals surface area contributed by atoms with Crippen LogP contribution in [0.25, 0.3) is 0 Å². The first-order valence-electron chi connectivity index (χ1n) is 8.72. The standard InChI is InChI=1S/C18H26N2O4/c1-2-22-16-5-3-15(4-6-16)19-17(21)7-10-20-11-8-18(9-12-20)23-13-14-24-18/h3-6H,2,7-14H2,1H3,(H,19,21). The van der Waals surface area contributed by atoms with Crippen molar-refractivity contribution in [2.45, 2.75) is 32.0 Å². The molecule has 1 aromatic rings. The summed E-state index contributed by atoms with van der Waals surface area (Å²) in [5.74, 6) is 0.503. The van der Waals surface area contributed by atoms with Gasteiger partial charge in [0, 0.05) is 44.6 Å². The van der Waals surface area contributed by atoms with Crippen LogP contribution in [0.15, 0.2) is 24.3 Å². The van der Waals surface area contributed by atoms with Crippen molar-refractivity contribution in [2.75, 3.05) is 44.8 Å². The van der Waals surface area contributed by atoms with Gasteiger partial charge >= 0.3 is 0 Å². The third-order valence-electron chi connectivity index (χ3n) is 4.54. The zero-order valence-corrected chi connectivity index (χ0v) is 14.3. The Kier molecular flexibility index (Phi) is 5.71. The number of carbonyl (C=O) groups excluding carboxylic acids is 1. The maximum Gasteiger partial charge on any atom is 0.225 e. The van der Waals surface area contributed by atoms with Crippen molar-refractivity contribution >= 4 is 11.6 Å². The van der Waals surface area contributed by atoms with Crippen LogP contribution in [0.4, 0.5) is 5.69 Å². The van der Waals surface area contributed by atoms with Gasteiger partial charge in [-0.25, -0.2) is 0 Å². The van der Waals surface area contributed by atoms with E-state index in [2.05, 4.69) is 10.2 Å². The second-order valence-corrected chi connectivity index (χ2v) is 6.20. The van der Waals surface area contributed by atoms with Gasteiger partial charge in [-0.2, -0.15) is 0 Å². The van der Waals surface area contributed by atoms with E-state index in [1.165, 1.54) is 0 Å². The van der Waals surface area contributed by atoms with Gasteiger partial charge in [0.15, 0.2) is 5.79 Å². The molecule has 3 rings (SSSR count). The summed E-state index contributed by atoms with van der Waals surface area (Å²) in [5, 5.41) is 2.93. The fourth-order valence-corrected chi connectivity index (χ4v) is 3.19. The van der Waals surface area contributed by atoms with Crippen LogP contribution in [-0.2, 0) is 14.3 Å². The molecule has 6 heteroatoms. The van der Waals surface area contributed by atoms with E-state index in [4.69, 9.17) is 14.2 Å². The van der Waals surface area contributed by atoms with Gasteiger partial charge in [0.05, 0.1) is 19.8 Å². The topological polar surface area (TPSA) is 60.0 Å². The minimum absolute atomic E-state index is 0.0350. The quantitative estimate of drug-likeness (QED) is 0.865. The summed E-state index contributed by atoms with van der Waals surface area (Å²) in [6, 6.07) is 7.46. The highest BCUT2D eigenvalue weighted by atomic mass is 16.7. The highest BCUT2D eigenvalue weighted by Crippen LogP contribution is 2.31. The number of anilines is 1. The first-order chi connectivity index (χ1) is 11.7. The van der Waals surface area contributed by atoms with Crippen molar-refractivity contribution in [1.82, 2.24) is 4.90 Å². The number of hydrogen-bond acceptors (Lipinski definition) is 5. The predicted molar refractivity (Wildman–Crippen MR) is 91.2 cm³/mol. The van der Waals surface area contributed by atoms with E-state index in [1.807, 2.05) is 31.2 Å². The van der Waals surface area contributed by atoms with Crippen LogP contribution in [0.3, 0.4) is 0 Å². The minimum atomic E-state index is -0.346. The Morgan fingerprint density at radius 2 is 1.88 bits per heavy atom. The van der Waals surface area contributed by atoms with Crippen molar-refractivity contribution in [2.24, 2.45) is 0 Å². The summed E-state index contributed by atoms with van der Waals surface area (Å²) in [6.45, 7) is 6.57. The Morgan fingerprint density at radius 1 is 1.21 bits per heavy atom. The number of ether oxygens (including phenoxy) is 3. The van der Waals surface area contributed by atoms with Gasteiger partial charge in [0.2, 0.25) is 5.91 Å². The third kappa shape index (κ3) is 4.47. The average molecular weight is 334 g/mol. The number of carbonyl (C=O) groups is 1. The summed E-state index contributed by atoms with van der Waals surface area (Å²) >= 11 is 0. The second kappa shape index (κ2) is 7.96. The van der Waals surface area contributed by atoms with Crippen LogP contribution in [0, 0.1) is 0 Å². The fraction of sp³-hybridized carbons (Fsp3) is 0.611. The van der Waals surface area contributed by atoms with Gasteiger partial charge < -0.3 is 24.4 Å². The molecule has 0 aliphatic carbocycles. The van der Waals surface area contributed by atoms with E-state index < -0.39 is 0 Å². The molecule has 132 valence electrons. The lowest BCUT2D eigenvalue weighted by Crippen LogP contribution is -2.45. The maximum absolute atomic E-state index is 12.1. The number of benzene rings is 1. The molecule has 0 radical (unpaired) electrons. The largest absolute Gasteiger partial charge is 0.494 e. The van der Waals surface area contributed by atoms with E-state index in [0.29, 0.717) is 26.2 Å². The van der Waals surface area contributed by atoms with E-state index in [1.54, 1.807) is 0 Å². The molecule has 0 atom stereocenters. The highest BCUT2D eigenvalue weighted by Gasteiger charge is 2.39. The molecular formula is C18H26N2O4. The SMILES string of the molecule is CCOc1ccc(NC(=O)CCN2CCC3(CC2)OCCO3)cc1. The first-order valence-corrected chi connectivity index (χ1v) is 8.72. The number of nitrogens with one attached hydrogen (secondary N) is 1. The van der Waals surface area contributed by atoms with E-state index in [0.717, 1.165) is 43.9 Å². The lowest BCUT2D eigenvalue weighted by Gasteiger charge is -2.37. The number of piperidine rings is 1. The van der Waals surface area contributed by atoms with Crippen molar-refractivity contribution in [3.63, 3.8) is 0 Å². The summed E-state index contributed by atoms with van der Waals surface area (Å²) in [6.07, 6.45) is 2.25. The van der Waals surface area contributed by atoms with Gasteiger partial charge in [-0.05, 0) is 31.2 Å². The Balaban J connectivity index is 1.38. The molecule has 6 nitrogen and oxygen atoms in total. The minimum Gasteiger partial charge on any atom is -0.494 e. The molecule has 1 aromatic carbocycles. The molecule has 1 spiro atoms. The lowest BCUT2D eigenvalue weighted by atomic mass is 10.0. The van der Waals surface area contributed by atoms with Crippen LogP contribution in [0.1, 0.15) is 26.2 Å². The number of amides is 1. The number of rotatable bonds is 6. The van der Waals surface area contributed by atoms with Crippen molar-refractivity contribution in [3.8, 4) is 5.75 Å². The molecule has 0 saturated carbocycles. The van der Waals surface area contributed by atoms with E-state index in [9.17, 15) is 4.79 Å². The predicted octanol–water partition coefficient (Wildman–Crippen LogP) is 2.25. The Labute approximate surface area is 143 Å². The lowest BCUT2D eigenvalue weighted by molar-refractivity contribution is -0.185. The molecule has 0 bridgehead atoms. The summed E-state index contributed by atoms with van der Waals surface area (Å²) in [5.41, 5.74) is 0.800. The molecule has 2 aliphatic rings. The van der Waals surface area contributed by atoms with Crippen LogP contribution < -0.4 is 10.1 Å². The van der Waals surface area contributed by atoms with Gasteiger partial charge in [-0.1, -0.05) is 0 Å². The monoisotopic (exact) mass is 334 g/mol. The molecular weight excluding hydrogens is 308 g/mol. The van der Waals surface area contributed by atoms with Crippen LogP contribution in [0.2, 0.25) is 0 Å². The molecule has 1 N–H and O–H groups in total. The molecule has 2 heterocycles. The molecule has 2 saturated heterocycles. The van der Waals surface area contributed by atoms with E-state index >= 15 is 0 Å². The number of likely N-dealkylation sites (tertiary alicyclic amines) is 1. The molecule has 0 aromatic heterocycles. The summed E-state index contributed by atoms with van der Waals surface area (Å²) in [7, 11) is 0. The zero-order valence-electron chi connectivity index (χ0n) is 14.3. The molecule has 1 amide bonds. The van der Waals surface area contributed by atoms with Crippen molar-refractivity contribution < 1.29 is 19.0 Å².